The number of aliphatic hydroxyl groups is 1. The van der Waals surface area contributed by atoms with E-state index in [1.165, 1.54) is 70.6 Å². The predicted molar refractivity (Wildman–Crippen MR) is 144 cm³/mol. The molecule has 0 aromatic heterocycles. The van der Waals surface area contributed by atoms with Gasteiger partial charge in [-0.15, -0.1) is 0 Å². The number of hydrogen-bond acceptors (Lipinski definition) is 4. The van der Waals surface area contributed by atoms with Crippen LogP contribution in [-0.4, -0.2) is 44.3 Å². The summed E-state index contributed by atoms with van der Waals surface area (Å²) in [6.45, 7) is 6.56. The average Bonchev–Trinajstić information content (AvgIpc) is 2.81. The van der Waals surface area contributed by atoms with E-state index in [0.29, 0.717) is 6.61 Å². The van der Waals surface area contributed by atoms with Crippen molar-refractivity contribution in [2.24, 2.45) is 0 Å². The Kier molecular flexibility index (Phi) is 27.0. The van der Waals surface area contributed by atoms with Crippen LogP contribution in [0.1, 0.15) is 123 Å². The van der Waals surface area contributed by atoms with Crippen molar-refractivity contribution in [2.45, 2.75) is 135 Å². The average molecular weight is 468 g/mol. The van der Waals surface area contributed by atoms with Crippen LogP contribution < -0.4 is 5.32 Å². The molecule has 33 heavy (non-hydrogen) atoms. The van der Waals surface area contributed by atoms with Gasteiger partial charge in [-0.2, -0.15) is 0 Å². The fourth-order valence-corrected chi connectivity index (χ4v) is 3.90. The highest BCUT2D eigenvalue weighted by Crippen LogP contribution is 2.15. The fraction of sp³-hybridized carbons (Fsp3) is 0.862. The second-order valence-electron chi connectivity index (χ2n) is 9.16. The molecule has 0 heterocycles. The van der Waals surface area contributed by atoms with Gasteiger partial charge in [0.05, 0.1) is 19.3 Å². The van der Waals surface area contributed by atoms with Gasteiger partial charge in [0.15, 0.2) is 6.29 Å². The Morgan fingerprint density at radius 1 is 0.636 bits per heavy atom. The van der Waals surface area contributed by atoms with Gasteiger partial charge in [0, 0.05) is 6.54 Å². The van der Waals surface area contributed by atoms with Crippen molar-refractivity contribution in [1.29, 1.82) is 0 Å². The maximum absolute atomic E-state index is 10.1. The highest BCUT2D eigenvalue weighted by molar-refractivity contribution is 4.80. The van der Waals surface area contributed by atoms with Gasteiger partial charge in [-0.25, -0.2) is 0 Å². The molecule has 0 aromatic rings. The van der Waals surface area contributed by atoms with Gasteiger partial charge in [-0.05, 0) is 71.3 Å². The van der Waals surface area contributed by atoms with Crippen LogP contribution in [0.2, 0.25) is 0 Å². The summed E-state index contributed by atoms with van der Waals surface area (Å²) in [5.74, 6) is 0. The Labute approximate surface area is 206 Å². The molecule has 2 unspecified atom stereocenters. The van der Waals surface area contributed by atoms with Gasteiger partial charge in [-0.3, -0.25) is 0 Å². The predicted octanol–water partition coefficient (Wildman–Crippen LogP) is 7.71. The van der Waals surface area contributed by atoms with E-state index in [-0.39, 0.29) is 6.10 Å². The molecule has 4 heteroatoms. The lowest BCUT2D eigenvalue weighted by atomic mass is 10.1. The first-order chi connectivity index (χ1) is 16.2. The quantitative estimate of drug-likeness (QED) is 0.0777. The van der Waals surface area contributed by atoms with E-state index in [0.717, 1.165) is 51.7 Å². The number of unbranched alkanes of at least 4 members (excludes halogenated alkanes) is 10. The SMILES string of the molecule is CC/C=C/CCCCCCCC(O)OCCC(CCCCCCC/C=C/CC)OCCNC. The molecule has 0 bridgehead atoms. The van der Waals surface area contributed by atoms with Gasteiger partial charge in [-0.1, -0.05) is 83.1 Å². The van der Waals surface area contributed by atoms with Crippen LogP contribution in [0.25, 0.3) is 0 Å². The Hall–Kier alpha value is -0.680. The van der Waals surface area contributed by atoms with Crippen molar-refractivity contribution in [3.05, 3.63) is 24.3 Å². The van der Waals surface area contributed by atoms with E-state index in [4.69, 9.17) is 9.47 Å². The summed E-state index contributed by atoms with van der Waals surface area (Å²) in [4.78, 5) is 0. The topological polar surface area (TPSA) is 50.7 Å². The van der Waals surface area contributed by atoms with Crippen LogP contribution in [0.5, 0.6) is 0 Å². The lowest BCUT2D eigenvalue weighted by molar-refractivity contribution is -0.113. The van der Waals surface area contributed by atoms with E-state index in [1.54, 1.807) is 0 Å². The third kappa shape index (κ3) is 25.8. The molecule has 196 valence electrons. The summed E-state index contributed by atoms with van der Waals surface area (Å²) in [7, 11) is 1.96. The zero-order valence-corrected chi connectivity index (χ0v) is 22.4. The molecule has 0 aromatic carbocycles. The maximum atomic E-state index is 10.1. The molecule has 0 fully saturated rings. The first-order valence-corrected chi connectivity index (χ1v) is 14.1. The number of ether oxygens (including phenoxy) is 2. The zero-order chi connectivity index (χ0) is 24.2. The Balaban J connectivity index is 3.79. The Bertz CT molecular complexity index is 425. The normalized spacial score (nSPS) is 13.9. The summed E-state index contributed by atoms with van der Waals surface area (Å²) in [5, 5.41) is 13.3. The first-order valence-electron chi connectivity index (χ1n) is 14.1. The number of allylic oxidation sites excluding steroid dienone is 4. The summed E-state index contributed by atoms with van der Waals surface area (Å²) in [6.07, 6.45) is 28.6. The molecule has 2 N–H and O–H groups in total. The largest absolute Gasteiger partial charge is 0.377 e. The number of nitrogens with one attached hydrogen (secondary N) is 1. The zero-order valence-electron chi connectivity index (χ0n) is 22.4. The van der Waals surface area contributed by atoms with E-state index in [1.807, 2.05) is 7.05 Å². The van der Waals surface area contributed by atoms with E-state index in [9.17, 15) is 5.11 Å². The number of hydrogen-bond donors (Lipinski definition) is 2. The molecule has 0 aliphatic rings. The lowest BCUT2D eigenvalue weighted by Crippen LogP contribution is -2.23. The van der Waals surface area contributed by atoms with Gasteiger partial charge in [0.25, 0.3) is 0 Å². The first kappa shape index (κ1) is 32.3. The smallest absolute Gasteiger partial charge is 0.154 e. The number of rotatable bonds is 26. The van der Waals surface area contributed by atoms with Crippen LogP contribution in [0.4, 0.5) is 0 Å². The van der Waals surface area contributed by atoms with Gasteiger partial charge in [0.2, 0.25) is 0 Å². The van der Waals surface area contributed by atoms with E-state index >= 15 is 0 Å². The number of aliphatic hydroxyl groups excluding tert-OH is 1. The molecule has 0 aliphatic heterocycles. The highest BCUT2D eigenvalue weighted by Gasteiger charge is 2.11. The summed E-state index contributed by atoms with van der Waals surface area (Å²) >= 11 is 0. The summed E-state index contributed by atoms with van der Waals surface area (Å²) in [5.41, 5.74) is 0. The third-order valence-corrected chi connectivity index (χ3v) is 5.98. The molecule has 0 rings (SSSR count). The monoisotopic (exact) mass is 467 g/mol. The van der Waals surface area contributed by atoms with Crippen molar-refractivity contribution < 1.29 is 14.6 Å². The minimum atomic E-state index is -0.628. The fourth-order valence-electron chi connectivity index (χ4n) is 3.90. The molecular weight excluding hydrogens is 410 g/mol. The van der Waals surface area contributed by atoms with Crippen LogP contribution in [0, 0.1) is 0 Å². The molecule has 0 saturated heterocycles. The van der Waals surface area contributed by atoms with Crippen LogP contribution in [0.15, 0.2) is 24.3 Å². The summed E-state index contributed by atoms with van der Waals surface area (Å²) in [6, 6.07) is 0. The Morgan fingerprint density at radius 2 is 1.18 bits per heavy atom. The highest BCUT2D eigenvalue weighted by atomic mass is 16.6. The molecule has 0 amide bonds. The lowest BCUT2D eigenvalue weighted by Gasteiger charge is -2.19. The molecular formula is C29H57NO3. The molecule has 4 nitrogen and oxygen atoms in total. The van der Waals surface area contributed by atoms with E-state index in [2.05, 4.69) is 43.5 Å². The van der Waals surface area contributed by atoms with Crippen LogP contribution in [-0.2, 0) is 9.47 Å². The van der Waals surface area contributed by atoms with Crippen molar-refractivity contribution in [1.82, 2.24) is 5.32 Å². The number of likely N-dealkylation sites (N-methyl/N-ethyl adjacent to an activating group) is 1. The van der Waals surface area contributed by atoms with Gasteiger partial charge >= 0.3 is 0 Å². The van der Waals surface area contributed by atoms with Gasteiger partial charge < -0.3 is 19.9 Å². The minimum Gasteiger partial charge on any atom is -0.377 e. The molecule has 0 spiro atoms. The van der Waals surface area contributed by atoms with Crippen molar-refractivity contribution in [3.8, 4) is 0 Å². The maximum Gasteiger partial charge on any atom is 0.154 e. The molecule has 0 saturated carbocycles. The third-order valence-electron chi connectivity index (χ3n) is 5.98. The van der Waals surface area contributed by atoms with E-state index < -0.39 is 6.29 Å². The molecule has 2 atom stereocenters. The van der Waals surface area contributed by atoms with Crippen molar-refractivity contribution in [2.75, 3.05) is 26.8 Å². The van der Waals surface area contributed by atoms with Gasteiger partial charge in [0.1, 0.15) is 0 Å². The second kappa shape index (κ2) is 27.6. The molecule has 0 radical (unpaired) electrons. The summed E-state index contributed by atoms with van der Waals surface area (Å²) < 4.78 is 11.7. The van der Waals surface area contributed by atoms with Crippen LogP contribution >= 0.6 is 0 Å². The minimum absolute atomic E-state index is 0.236. The van der Waals surface area contributed by atoms with Crippen molar-refractivity contribution in [3.63, 3.8) is 0 Å². The van der Waals surface area contributed by atoms with Crippen LogP contribution in [0.3, 0.4) is 0 Å². The standard InChI is InChI=1S/C29H57NO3/c1-4-6-8-10-12-14-16-18-20-22-28(32-27-25-30-3)24-26-33-29(31)23-21-19-17-15-13-11-9-7-5-2/h6-9,28-31H,4-5,10-27H2,1-3H3/b8-6+,9-7+. The Morgan fingerprint density at radius 3 is 1.76 bits per heavy atom. The van der Waals surface area contributed by atoms with Crippen molar-refractivity contribution >= 4 is 0 Å². The molecule has 0 aliphatic carbocycles. The second-order valence-corrected chi connectivity index (χ2v) is 9.16.